The van der Waals surface area contributed by atoms with E-state index in [-0.39, 0.29) is 5.38 Å². The average molecular weight is 225 g/mol. The molecule has 1 atom stereocenters. The summed E-state index contributed by atoms with van der Waals surface area (Å²) in [7, 11) is 0. The minimum atomic E-state index is 0.169. The van der Waals surface area contributed by atoms with Crippen LogP contribution in [0.25, 0.3) is 0 Å². The summed E-state index contributed by atoms with van der Waals surface area (Å²) in [5, 5.41) is 0.169. The molecular weight excluding hydrogens is 208 g/mol. The van der Waals surface area contributed by atoms with Crippen LogP contribution in [-0.2, 0) is 6.42 Å². The molecule has 0 fully saturated rings. The molecular formula is C13H17ClO. The van der Waals surface area contributed by atoms with Crippen molar-refractivity contribution in [2.45, 2.75) is 38.0 Å². The highest BCUT2D eigenvalue weighted by Gasteiger charge is 2.16. The van der Waals surface area contributed by atoms with Crippen LogP contribution < -0.4 is 4.74 Å². The molecule has 1 aliphatic carbocycles. The van der Waals surface area contributed by atoms with E-state index in [1.807, 2.05) is 6.92 Å². The summed E-state index contributed by atoms with van der Waals surface area (Å²) in [6.45, 7) is 2.72. The highest BCUT2D eigenvalue weighted by Crippen LogP contribution is 2.35. The molecule has 0 radical (unpaired) electrons. The van der Waals surface area contributed by atoms with Crippen molar-refractivity contribution in [1.29, 1.82) is 0 Å². The lowest BCUT2D eigenvalue weighted by molar-refractivity contribution is 0.340. The molecule has 0 aliphatic heterocycles. The van der Waals surface area contributed by atoms with E-state index in [0.29, 0.717) is 6.61 Å². The Labute approximate surface area is 96.4 Å². The molecule has 2 heteroatoms. The summed E-state index contributed by atoms with van der Waals surface area (Å²) < 4.78 is 5.50. The minimum absolute atomic E-state index is 0.169. The highest BCUT2D eigenvalue weighted by molar-refractivity contribution is 6.20. The Morgan fingerprint density at radius 3 is 3.07 bits per heavy atom. The van der Waals surface area contributed by atoms with Gasteiger partial charge in [-0.25, -0.2) is 0 Å². The molecule has 0 saturated heterocycles. The molecule has 1 unspecified atom stereocenters. The van der Waals surface area contributed by atoms with Crippen molar-refractivity contribution in [2.75, 3.05) is 6.61 Å². The highest BCUT2D eigenvalue weighted by atomic mass is 35.5. The van der Waals surface area contributed by atoms with E-state index >= 15 is 0 Å². The van der Waals surface area contributed by atoms with Crippen molar-refractivity contribution < 1.29 is 4.74 Å². The lowest BCUT2D eigenvalue weighted by atomic mass is 10.0. The summed E-state index contributed by atoms with van der Waals surface area (Å²) in [6, 6.07) is 6.33. The molecule has 0 aromatic heterocycles. The van der Waals surface area contributed by atoms with Crippen LogP contribution >= 0.6 is 11.6 Å². The summed E-state index contributed by atoms with van der Waals surface area (Å²) in [4.78, 5) is 0. The lowest BCUT2D eigenvalue weighted by Gasteiger charge is -2.12. The van der Waals surface area contributed by atoms with Crippen molar-refractivity contribution in [2.24, 2.45) is 0 Å². The maximum absolute atomic E-state index is 6.37. The fourth-order valence-corrected chi connectivity index (χ4v) is 2.50. The number of aryl methyl sites for hydroxylation is 1. The van der Waals surface area contributed by atoms with Crippen molar-refractivity contribution in [3.8, 4) is 5.75 Å². The largest absolute Gasteiger partial charge is 0.494 e. The van der Waals surface area contributed by atoms with Gasteiger partial charge in [-0.3, -0.25) is 0 Å². The molecule has 15 heavy (non-hydrogen) atoms. The van der Waals surface area contributed by atoms with Crippen molar-refractivity contribution in [1.82, 2.24) is 0 Å². The zero-order valence-corrected chi connectivity index (χ0v) is 9.89. The van der Waals surface area contributed by atoms with Gasteiger partial charge in [0.05, 0.1) is 12.0 Å². The number of ether oxygens (including phenoxy) is 1. The first-order valence-corrected chi connectivity index (χ1v) is 6.14. The first-order chi connectivity index (χ1) is 7.31. The number of alkyl halides is 1. The van der Waals surface area contributed by atoms with Gasteiger partial charge < -0.3 is 4.74 Å². The van der Waals surface area contributed by atoms with E-state index in [2.05, 4.69) is 18.2 Å². The second kappa shape index (κ2) is 4.89. The fourth-order valence-electron chi connectivity index (χ4n) is 2.14. The van der Waals surface area contributed by atoms with Crippen LogP contribution in [0.2, 0.25) is 0 Å². The molecule has 0 spiro atoms. The van der Waals surface area contributed by atoms with E-state index in [1.54, 1.807) is 0 Å². The standard InChI is InChI=1S/C13H17ClO/c1-2-15-11-8-7-10-5-3-4-6-13(14)12(10)9-11/h7-9,13H,2-6H2,1H3. The molecule has 1 nitrogen and oxygen atoms in total. The van der Waals surface area contributed by atoms with Crippen LogP contribution in [0.1, 0.15) is 42.7 Å². The van der Waals surface area contributed by atoms with Crippen LogP contribution in [0.15, 0.2) is 18.2 Å². The van der Waals surface area contributed by atoms with Gasteiger partial charge in [0.2, 0.25) is 0 Å². The van der Waals surface area contributed by atoms with Gasteiger partial charge in [-0.15, -0.1) is 11.6 Å². The molecule has 0 amide bonds. The second-order valence-corrected chi connectivity index (χ2v) is 4.53. The van der Waals surface area contributed by atoms with E-state index in [9.17, 15) is 0 Å². The van der Waals surface area contributed by atoms with Crippen molar-refractivity contribution >= 4 is 11.6 Å². The van der Waals surface area contributed by atoms with Gasteiger partial charge in [0.25, 0.3) is 0 Å². The Kier molecular flexibility index (Phi) is 3.53. The topological polar surface area (TPSA) is 9.23 Å². The summed E-state index contributed by atoms with van der Waals surface area (Å²) >= 11 is 6.37. The smallest absolute Gasteiger partial charge is 0.119 e. The van der Waals surface area contributed by atoms with E-state index in [4.69, 9.17) is 16.3 Å². The predicted molar refractivity (Wildman–Crippen MR) is 63.8 cm³/mol. The van der Waals surface area contributed by atoms with E-state index < -0.39 is 0 Å². The maximum atomic E-state index is 6.37. The number of hydrogen-bond donors (Lipinski definition) is 0. The molecule has 1 aromatic carbocycles. The third kappa shape index (κ3) is 2.46. The molecule has 0 saturated carbocycles. The Morgan fingerprint density at radius 2 is 2.27 bits per heavy atom. The Bertz CT molecular complexity index is 335. The van der Waals surface area contributed by atoms with E-state index in [0.717, 1.165) is 18.6 Å². The van der Waals surface area contributed by atoms with Gasteiger partial charge in [0.15, 0.2) is 0 Å². The number of benzene rings is 1. The molecule has 0 heterocycles. The SMILES string of the molecule is CCOc1ccc2c(c1)C(Cl)CCCC2. The Morgan fingerprint density at radius 1 is 1.40 bits per heavy atom. The van der Waals surface area contributed by atoms with Gasteiger partial charge in [0.1, 0.15) is 5.75 Å². The van der Waals surface area contributed by atoms with Gasteiger partial charge >= 0.3 is 0 Å². The minimum Gasteiger partial charge on any atom is -0.494 e. The monoisotopic (exact) mass is 224 g/mol. The van der Waals surface area contributed by atoms with E-state index in [1.165, 1.54) is 24.0 Å². The Hall–Kier alpha value is -0.690. The number of fused-ring (bicyclic) bond motifs is 1. The summed E-state index contributed by atoms with van der Waals surface area (Å²) in [5.41, 5.74) is 2.68. The molecule has 1 aliphatic rings. The molecule has 0 bridgehead atoms. The first kappa shape index (κ1) is 10.8. The summed E-state index contributed by atoms with van der Waals surface area (Å²) in [6.07, 6.45) is 4.73. The summed E-state index contributed by atoms with van der Waals surface area (Å²) in [5.74, 6) is 0.948. The molecule has 1 aromatic rings. The third-order valence-corrected chi connectivity index (χ3v) is 3.37. The maximum Gasteiger partial charge on any atom is 0.119 e. The van der Waals surface area contributed by atoms with Gasteiger partial charge in [-0.05, 0) is 49.4 Å². The van der Waals surface area contributed by atoms with Gasteiger partial charge in [-0.2, -0.15) is 0 Å². The number of rotatable bonds is 2. The molecule has 2 rings (SSSR count). The second-order valence-electron chi connectivity index (χ2n) is 4.01. The van der Waals surface area contributed by atoms with Crippen LogP contribution in [0.4, 0.5) is 0 Å². The van der Waals surface area contributed by atoms with Gasteiger partial charge in [0, 0.05) is 0 Å². The Balaban J connectivity index is 2.31. The zero-order valence-electron chi connectivity index (χ0n) is 9.13. The normalized spacial score (nSPS) is 20.5. The van der Waals surface area contributed by atoms with Crippen LogP contribution in [0, 0.1) is 0 Å². The fraction of sp³-hybridized carbons (Fsp3) is 0.538. The molecule has 0 N–H and O–H groups in total. The van der Waals surface area contributed by atoms with Crippen LogP contribution in [0.5, 0.6) is 5.75 Å². The van der Waals surface area contributed by atoms with Crippen molar-refractivity contribution in [3.63, 3.8) is 0 Å². The van der Waals surface area contributed by atoms with Crippen LogP contribution in [0.3, 0.4) is 0 Å². The first-order valence-electron chi connectivity index (χ1n) is 5.71. The number of hydrogen-bond acceptors (Lipinski definition) is 1. The van der Waals surface area contributed by atoms with Crippen molar-refractivity contribution in [3.05, 3.63) is 29.3 Å². The average Bonchev–Trinajstić information content (AvgIpc) is 2.42. The zero-order chi connectivity index (χ0) is 10.7. The number of halogens is 1. The predicted octanol–water partition coefficient (Wildman–Crippen LogP) is 4.09. The van der Waals surface area contributed by atoms with Crippen LogP contribution in [-0.4, -0.2) is 6.61 Å². The molecule has 82 valence electrons. The van der Waals surface area contributed by atoms with Gasteiger partial charge in [-0.1, -0.05) is 12.5 Å². The third-order valence-electron chi connectivity index (χ3n) is 2.92. The lowest BCUT2D eigenvalue weighted by Crippen LogP contribution is -1.97. The quantitative estimate of drug-likeness (QED) is 0.543.